The minimum absolute atomic E-state index is 0.0419. The molecule has 1 aromatic heterocycles. The van der Waals surface area contributed by atoms with Crippen LogP contribution in [0.15, 0.2) is 89.7 Å². The van der Waals surface area contributed by atoms with Gasteiger partial charge in [0.2, 0.25) is 0 Å². The monoisotopic (exact) mass is 400 g/mol. The van der Waals surface area contributed by atoms with Gasteiger partial charge in [-0.25, -0.2) is 0 Å². The fourth-order valence-electron chi connectivity index (χ4n) is 5.68. The molecule has 2 aliphatic rings. The van der Waals surface area contributed by atoms with Gasteiger partial charge >= 0.3 is 0 Å². The molecule has 0 radical (unpaired) electrons. The maximum absolute atomic E-state index is 13.8. The fraction of sp³-hybridized carbons (Fsp3) is 0.107. The Balaban J connectivity index is 1.78. The number of fused-ring (bicyclic) bond motifs is 6. The predicted molar refractivity (Wildman–Crippen MR) is 127 cm³/mol. The highest BCUT2D eigenvalue weighted by atomic mass is 16.1. The number of aromatic nitrogens is 1. The lowest BCUT2D eigenvalue weighted by atomic mass is 9.73. The Labute approximate surface area is 179 Å². The van der Waals surface area contributed by atoms with E-state index < -0.39 is 0 Å². The van der Waals surface area contributed by atoms with E-state index in [1.165, 1.54) is 16.8 Å². The summed E-state index contributed by atoms with van der Waals surface area (Å²) in [6.45, 7) is 4.55. The second-order valence-electron chi connectivity index (χ2n) is 9.01. The highest BCUT2D eigenvalue weighted by Crippen LogP contribution is 2.56. The molecule has 0 aliphatic carbocycles. The predicted octanol–water partition coefficient (Wildman–Crippen LogP) is 6.57. The molecular weight excluding hydrogens is 380 g/mol. The minimum atomic E-state index is -0.162. The maximum atomic E-state index is 13.8. The van der Waals surface area contributed by atoms with E-state index in [-0.39, 0.29) is 11.0 Å². The van der Waals surface area contributed by atoms with Crippen molar-refractivity contribution in [3.05, 3.63) is 106 Å². The molecule has 5 aromatic rings. The number of anilines is 3. The number of rotatable bonds is 0. The summed E-state index contributed by atoms with van der Waals surface area (Å²) in [5.74, 6) is 0. The molecule has 0 fully saturated rings. The van der Waals surface area contributed by atoms with Gasteiger partial charge in [0.15, 0.2) is 0 Å². The summed E-state index contributed by atoms with van der Waals surface area (Å²) in [4.78, 5) is 16.2. The Morgan fingerprint density at radius 2 is 1.23 bits per heavy atom. The molecule has 0 unspecified atom stereocenters. The number of para-hydroxylation sites is 3. The van der Waals surface area contributed by atoms with Gasteiger partial charge in [0.05, 0.1) is 28.3 Å². The lowest BCUT2D eigenvalue weighted by Gasteiger charge is -2.45. The molecular formula is C28H20N2O. The van der Waals surface area contributed by atoms with Gasteiger partial charge in [-0.05, 0) is 40.8 Å². The van der Waals surface area contributed by atoms with Crippen LogP contribution in [0.25, 0.3) is 27.4 Å². The summed E-state index contributed by atoms with van der Waals surface area (Å²) in [6, 6.07) is 29.4. The Morgan fingerprint density at radius 3 is 2.10 bits per heavy atom. The Kier molecular flexibility index (Phi) is 2.96. The smallest absolute Gasteiger partial charge is 0.263 e. The summed E-state index contributed by atoms with van der Waals surface area (Å²) < 4.78 is 1.94. The van der Waals surface area contributed by atoms with Gasteiger partial charge in [-0.15, -0.1) is 0 Å². The van der Waals surface area contributed by atoms with Crippen molar-refractivity contribution < 1.29 is 0 Å². The summed E-state index contributed by atoms with van der Waals surface area (Å²) in [5.41, 5.74) is 7.72. The third-order valence-corrected chi connectivity index (χ3v) is 7.10. The largest absolute Gasteiger partial charge is 0.306 e. The number of pyridine rings is 1. The molecule has 148 valence electrons. The quantitative estimate of drug-likeness (QED) is 0.270. The summed E-state index contributed by atoms with van der Waals surface area (Å²) in [7, 11) is 0. The van der Waals surface area contributed by atoms with Crippen LogP contribution in [0.3, 0.4) is 0 Å². The fourth-order valence-corrected chi connectivity index (χ4v) is 5.68. The van der Waals surface area contributed by atoms with Crippen molar-refractivity contribution >= 4 is 38.7 Å². The van der Waals surface area contributed by atoms with E-state index in [9.17, 15) is 4.79 Å². The molecule has 3 nitrogen and oxygen atoms in total. The molecule has 4 aromatic carbocycles. The van der Waals surface area contributed by atoms with Crippen molar-refractivity contribution in [1.29, 1.82) is 0 Å². The van der Waals surface area contributed by atoms with Gasteiger partial charge in [0.25, 0.3) is 5.56 Å². The molecule has 3 heterocycles. The van der Waals surface area contributed by atoms with Crippen LogP contribution in [-0.4, -0.2) is 4.57 Å². The molecule has 0 saturated heterocycles. The number of nitrogens with zero attached hydrogens (tertiary/aromatic N) is 2. The van der Waals surface area contributed by atoms with Crippen LogP contribution in [0.5, 0.6) is 0 Å². The van der Waals surface area contributed by atoms with E-state index in [2.05, 4.69) is 85.5 Å². The van der Waals surface area contributed by atoms with Crippen LogP contribution in [0, 0.1) is 0 Å². The van der Waals surface area contributed by atoms with Crippen LogP contribution < -0.4 is 10.5 Å². The van der Waals surface area contributed by atoms with Crippen molar-refractivity contribution in [2.75, 3.05) is 4.90 Å². The first-order valence-corrected chi connectivity index (χ1v) is 10.7. The SMILES string of the molecule is CC1(C)c2ccccc2N2c3c(cccc31)-n1c(=O)c3ccccc3c3cccc2c31. The van der Waals surface area contributed by atoms with Crippen molar-refractivity contribution in [3.8, 4) is 5.69 Å². The summed E-state index contributed by atoms with van der Waals surface area (Å²) in [5, 5.41) is 2.87. The first-order valence-electron chi connectivity index (χ1n) is 10.7. The van der Waals surface area contributed by atoms with Crippen molar-refractivity contribution in [2.24, 2.45) is 0 Å². The molecule has 0 N–H and O–H groups in total. The van der Waals surface area contributed by atoms with E-state index in [0.717, 1.165) is 38.7 Å². The van der Waals surface area contributed by atoms with E-state index in [1.54, 1.807) is 0 Å². The molecule has 0 bridgehead atoms. The van der Waals surface area contributed by atoms with E-state index in [1.807, 2.05) is 22.8 Å². The van der Waals surface area contributed by atoms with Crippen molar-refractivity contribution in [3.63, 3.8) is 0 Å². The van der Waals surface area contributed by atoms with Gasteiger partial charge in [-0.3, -0.25) is 9.36 Å². The molecule has 3 heteroatoms. The van der Waals surface area contributed by atoms with Gasteiger partial charge in [0, 0.05) is 16.2 Å². The zero-order chi connectivity index (χ0) is 20.9. The summed E-state index contributed by atoms with van der Waals surface area (Å²) in [6.07, 6.45) is 0. The van der Waals surface area contributed by atoms with Crippen LogP contribution in [0.1, 0.15) is 25.0 Å². The Morgan fingerprint density at radius 1 is 0.613 bits per heavy atom. The van der Waals surface area contributed by atoms with Crippen LogP contribution >= 0.6 is 0 Å². The van der Waals surface area contributed by atoms with Crippen LogP contribution in [0.2, 0.25) is 0 Å². The maximum Gasteiger partial charge on any atom is 0.263 e. The number of benzene rings is 4. The third-order valence-electron chi connectivity index (χ3n) is 7.10. The zero-order valence-electron chi connectivity index (χ0n) is 17.4. The van der Waals surface area contributed by atoms with Gasteiger partial charge < -0.3 is 4.90 Å². The summed E-state index contributed by atoms with van der Waals surface area (Å²) >= 11 is 0. The first kappa shape index (κ1) is 16.9. The van der Waals surface area contributed by atoms with Gasteiger partial charge in [0.1, 0.15) is 0 Å². The number of hydrogen-bond donors (Lipinski definition) is 0. The molecule has 0 amide bonds. The second-order valence-corrected chi connectivity index (χ2v) is 9.01. The van der Waals surface area contributed by atoms with Gasteiger partial charge in [-0.2, -0.15) is 0 Å². The molecule has 7 rings (SSSR count). The van der Waals surface area contributed by atoms with E-state index in [4.69, 9.17) is 0 Å². The Hall–Kier alpha value is -3.85. The zero-order valence-corrected chi connectivity index (χ0v) is 17.4. The van der Waals surface area contributed by atoms with Crippen LogP contribution in [0.4, 0.5) is 17.1 Å². The normalized spacial score (nSPS) is 15.1. The third kappa shape index (κ3) is 1.88. The second kappa shape index (κ2) is 5.44. The van der Waals surface area contributed by atoms with Gasteiger partial charge in [-0.1, -0.05) is 74.5 Å². The van der Waals surface area contributed by atoms with Crippen molar-refractivity contribution in [2.45, 2.75) is 19.3 Å². The van der Waals surface area contributed by atoms with Crippen LogP contribution in [-0.2, 0) is 5.41 Å². The molecule has 2 aliphatic heterocycles. The molecule has 0 saturated carbocycles. The lowest BCUT2D eigenvalue weighted by Crippen LogP contribution is -2.35. The average molecular weight is 400 g/mol. The highest BCUT2D eigenvalue weighted by Gasteiger charge is 2.41. The molecule has 0 atom stereocenters. The van der Waals surface area contributed by atoms with E-state index in [0.29, 0.717) is 0 Å². The molecule has 31 heavy (non-hydrogen) atoms. The topological polar surface area (TPSA) is 25.2 Å². The van der Waals surface area contributed by atoms with E-state index >= 15 is 0 Å². The van der Waals surface area contributed by atoms with Crippen molar-refractivity contribution in [1.82, 2.24) is 4.57 Å². The Bertz CT molecular complexity index is 1640. The average Bonchev–Trinajstić information content (AvgIpc) is 2.80. The molecule has 0 spiro atoms. The minimum Gasteiger partial charge on any atom is -0.306 e. The highest BCUT2D eigenvalue weighted by molar-refractivity contribution is 6.14. The standard InChI is InChI=1S/C28H20N2O/c1-28(2)20-12-5-6-14-22(20)29-23-15-7-11-18-17-9-3-4-10-19(17)27(31)30(25(18)23)24-16-8-13-21(28)26(24)29/h3-16H,1-2H3. The first-order chi connectivity index (χ1) is 15.1. The lowest BCUT2D eigenvalue weighted by molar-refractivity contribution is 0.630. The number of hydrogen-bond acceptors (Lipinski definition) is 2.